The number of nitrogens with zero attached hydrogens (tertiary/aromatic N) is 1. The van der Waals surface area contributed by atoms with Crippen LogP contribution in [-0.2, 0) is 0 Å². The lowest BCUT2D eigenvalue weighted by molar-refractivity contribution is 0.199. The second-order valence-electron chi connectivity index (χ2n) is 3.38. The summed E-state index contributed by atoms with van der Waals surface area (Å²) in [5.41, 5.74) is 1.48. The van der Waals surface area contributed by atoms with E-state index >= 15 is 0 Å². The van der Waals surface area contributed by atoms with Gasteiger partial charge in [-0.1, -0.05) is 27.5 Å². The molecule has 0 aliphatic carbocycles. The summed E-state index contributed by atoms with van der Waals surface area (Å²) in [4.78, 5) is 4.22. The van der Waals surface area contributed by atoms with E-state index in [2.05, 4.69) is 20.9 Å². The second-order valence-corrected chi connectivity index (χ2v) is 4.66. The zero-order valence-electron chi connectivity index (χ0n) is 8.04. The lowest BCUT2D eigenvalue weighted by atomic mass is 10.1. The molecule has 1 atom stereocenters. The fraction of sp³-hybridized carbons (Fsp3) is 0.182. The van der Waals surface area contributed by atoms with Gasteiger partial charge in [0.1, 0.15) is 5.15 Å². The number of hydrogen-bond donors (Lipinski definition) is 1. The molecule has 0 amide bonds. The van der Waals surface area contributed by atoms with Crippen molar-refractivity contribution in [1.29, 1.82) is 0 Å². The molecule has 1 N–H and O–H groups in total. The maximum Gasteiger partial charge on any atom is 0.135 e. The molecular formula is C11H9BrClNO. The van der Waals surface area contributed by atoms with E-state index in [1.165, 1.54) is 0 Å². The average Bonchev–Trinajstić information content (AvgIpc) is 2.17. The minimum atomic E-state index is -0.603. The van der Waals surface area contributed by atoms with E-state index in [-0.39, 0.29) is 0 Å². The molecule has 0 radical (unpaired) electrons. The first-order valence-corrected chi connectivity index (χ1v) is 5.69. The maximum atomic E-state index is 9.50. The van der Waals surface area contributed by atoms with Gasteiger partial charge in [-0.2, -0.15) is 0 Å². The first-order chi connectivity index (χ1) is 7.08. The molecule has 2 nitrogen and oxygen atoms in total. The molecule has 2 rings (SSSR count). The van der Waals surface area contributed by atoms with Gasteiger partial charge in [0.2, 0.25) is 0 Å². The smallest absolute Gasteiger partial charge is 0.135 e. The Balaban J connectivity index is 2.72. The summed E-state index contributed by atoms with van der Waals surface area (Å²) >= 11 is 9.34. The monoisotopic (exact) mass is 285 g/mol. The molecule has 2 aromatic rings. The van der Waals surface area contributed by atoms with Crippen molar-refractivity contribution >= 4 is 38.4 Å². The number of pyridine rings is 1. The summed E-state index contributed by atoms with van der Waals surface area (Å²) in [6, 6.07) is 7.61. The molecule has 1 aromatic carbocycles. The van der Waals surface area contributed by atoms with Crippen LogP contribution in [0, 0.1) is 0 Å². The van der Waals surface area contributed by atoms with E-state index in [4.69, 9.17) is 11.6 Å². The lowest BCUT2D eigenvalue weighted by Crippen LogP contribution is -1.95. The molecule has 1 aromatic heterocycles. The number of aliphatic hydroxyl groups excluding tert-OH is 1. The van der Waals surface area contributed by atoms with Crippen LogP contribution < -0.4 is 0 Å². The molecule has 0 saturated heterocycles. The van der Waals surface area contributed by atoms with Crippen molar-refractivity contribution in [3.63, 3.8) is 0 Å². The van der Waals surface area contributed by atoms with Crippen LogP contribution in [0.4, 0.5) is 0 Å². The third kappa shape index (κ3) is 2.14. The van der Waals surface area contributed by atoms with Crippen LogP contribution in [0.2, 0.25) is 5.15 Å². The minimum absolute atomic E-state index is 0.361. The molecule has 0 spiro atoms. The van der Waals surface area contributed by atoms with Gasteiger partial charge in [-0.3, -0.25) is 0 Å². The Kier molecular flexibility index (Phi) is 2.96. The molecule has 15 heavy (non-hydrogen) atoms. The highest BCUT2D eigenvalue weighted by molar-refractivity contribution is 9.10. The van der Waals surface area contributed by atoms with Gasteiger partial charge >= 0.3 is 0 Å². The summed E-state index contributed by atoms with van der Waals surface area (Å²) in [6.45, 7) is 1.67. The van der Waals surface area contributed by atoms with E-state index in [0.29, 0.717) is 10.7 Å². The maximum absolute atomic E-state index is 9.50. The Hall–Kier alpha value is -0.640. The van der Waals surface area contributed by atoms with Crippen molar-refractivity contribution < 1.29 is 5.11 Å². The van der Waals surface area contributed by atoms with Crippen molar-refractivity contribution in [2.24, 2.45) is 0 Å². The molecule has 0 aliphatic heterocycles. The summed E-state index contributed by atoms with van der Waals surface area (Å²) in [6.07, 6.45) is -0.603. The van der Waals surface area contributed by atoms with Crippen LogP contribution in [-0.4, -0.2) is 10.1 Å². The van der Waals surface area contributed by atoms with Crippen LogP contribution in [0.5, 0.6) is 0 Å². The standard InChI is InChI=1S/C11H9BrClNO/c1-6(15)9-5-7-4-8(12)2-3-10(7)14-11(9)13/h2-6,15H,1H3. The number of hydrogen-bond acceptors (Lipinski definition) is 2. The molecule has 0 fully saturated rings. The van der Waals surface area contributed by atoms with Crippen LogP contribution in [0.25, 0.3) is 10.9 Å². The van der Waals surface area contributed by atoms with E-state index in [1.807, 2.05) is 24.3 Å². The largest absolute Gasteiger partial charge is 0.389 e. The van der Waals surface area contributed by atoms with Crippen LogP contribution in [0.15, 0.2) is 28.7 Å². The van der Waals surface area contributed by atoms with Crippen LogP contribution in [0.1, 0.15) is 18.6 Å². The molecule has 0 saturated carbocycles. The van der Waals surface area contributed by atoms with Gasteiger partial charge in [-0.05, 0) is 31.2 Å². The van der Waals surface area contributed by atoms with Gasteiger partial charge in [-0.25, -0.2) is 4.98 Å². The number of fused-ring (bicyclic) bond motifs is 1. The Morgan fingerprint density at radius 1 is 1.40 bits per heavy atom. The Morgan fingerprint density at radius 3 is 2.80 bits per heavy atom. The summed E-state index contributed by atoms with van der Waals surface area (Å²) in [5, 5.41) is 10.8. The van der Waals surface area contributed by atoms with Crippen molar-refractivity contribution in [2.45, 2.75) is 13.0 Å². The molecule has 0 bridgehead atoms. The first kappa shape index (κ1) is 10.9. The zero-order chi connectivity index (χ0) is 11.0. The van der Waals surface area contributed by atoms with E-state index in [1.54, 1.807) is 6.92 Å². The number of rotatable bonds is 1. The topological polar surface area (TPSA) is 33.1 Å². The van der Waals surface area contributed by atoms with Crippen LogP contribution in [0.3, 0.4) is 0 Å². The number of aliphatic hydroxyl groups is 1. The summed E-state index contributed by atoms with van der Waals surface area (Å²) < 4.78 is 0.982. The molecule has 1 unspecified atom stereocenters. The van der Waals surface area contributed by atoms with Crippen LogP contribution >= 0.6 is 27.5 Å². The molecule has 0 aliphatic rings. The Morgan fingerprint density at radius 2 is 2.13 bits per heavy atom. The van der Waals surface area contributed by atoms with Crippen molar-refractivity contribution in [3.05, 3.63) is 39.5 Å². The second kappa shape index (κ2) is 4.08. The molecular weight excluding hydrogens is 277 g/mol. The quantitative estimate of drug-likeness (QED) is 0.811. The molecule has 4 heteroatoms. The number of benzene rings is 1. The van der Waals surface area contributed by atoms with E-state index < -0.39 is 6.10 Å². The first-order valence-electron chi connectivity index (χ1n) is 4.51. The number of halogens is 2. The highest BCUT2D eigenvalue weighted by atomic mass is 79.9. The third-order valence-corrected chi connectivity index (χ3v) is 3.00. The highest BCUT2D eigenvalue weighted by Gasteiger charge is 2.09. The van der Waals surface area contributed by atoms with Gasteiger partial charge in [-0.15, -0.1) is 0 Å². The van der Waals surface area contributed by atoms with E-state index in [0.717, 1.165) is 15.4 Å². The average molecular weight is 287 g/mol. The molecule has 1 heterocycles. The Labute approximate surface area is 101 Å². The Bertz CT molecular complexity index is 513. The normalized spacial score (nSPS) is 13.1. The highest BCUT2D eigenvalue weighted by Crippen LogP contribution is 2.27. The fourth-order valence-corrected chi connectivity index (χ4v) is 2.12. The van der Waals surface area contributed by atoms with Crippen molar-refractivity contribution in [2.75, 3.05) is 0 Å². The minimum Gasteiger partial charge on any atom is -0.389 e. The van der Waals surface area contributed by atoms with Gasteiger partial charge in [0.15, 0.2) is 0 Å². The van der Waals surface area contributed by atoms with Gasteiger partial charge < -0.3 is 5.11 Å². The van der Waals surface area contributed by atoms with Crippen molar-refractivity contribution in [1.82, 2.24) is 4.98 Å². The van der Waals surface area contributed by atoms with Gasteiger partial charge in [0.05, 0.1) is 11.6 Å². The third-order valence-electron chi connectivity index (χ3n) is 2.21. The SMILES string of the molecule is CC(O)c1cc2cc(Br)ccc2nc1Cl. The zero-order valence-corrected chi connectivity index (χ0v) is 10.4. The van der Waals surface area contributed by atoms with Crippen molar-refractivity contribution in [3.8, 4) is 0 Å². The predicted octanol–water partition coefficient (Wildman–Crippen LogP) is 3.70. The fourth-order valence-electron chi connectivity index (χ4n) is 1.43. The van der Waals surface area contributed by atoms with Gasteiger partial charge in [0.25, 0.3) is 0 Å². The molecule has 78 valence electrons. The number of aromatic nitrogens is 1. The van der Waals surface area contributed by atoms with Gasteiger partial charge in [0, 0.05) is 15.4 Å². The summed E-state index contributed by atoms with van der Waals surface area (Å²) in [5.74, 6) is 0. The van der Waals surface area contributed by atoms with E-state index in [9.17, 15) is 5.11 Å². The predicted molar refractivity (Wildman–Crippen MR) is 65.1 cm³/mol. The lowest BCUT2D eigenvalue weighted by Gasteiger charge is -2.08. The summed E-state index contributed by atoms with van der Waals surface area (Å²) in [7, 11) is 0.